The van der Waals surface area contributed by atoms with E-state index in [2.05, 4.69) is 15.4 Å². The highest BCUT2D eigenvalue weighted by Gasteiger charge is 2.15. The third-order valence-corrected chi connectivity index (χ3v) is 4.86. The predicted octanol–water partition coefficient (Wildman–Crippen LogP) is 4.40. The van der Waals surface area contributed by atoms with E-state index in [0.717, 1.165) is 5.69 Å². The maximum absolute atomic E-state index is 13.2. The van der Waals surface area contributed by atoms with E-state index in [9.17, 15) is 9.18 Å². The molecule has 0 saturated heterocycles. The quantitative estimate of drug-likeness (QED) is 0.545. The SMILES string of the molecule is COc1nc(-c2ccc(F)cc2)n(-c2ccc(NC(=O)c3cccs3)cc2)n1. The van der Waals surface area contributed by atoms with Gasteiger partial charge in [0, 0.05) is 11.3 Å². The molecule has 0 atom stereocenters. The minimum Gasteiger partial charge on any atom is -0.466 e. The molecule has 140 valence electrons. The molecule has 0 aliphatic heterocycles. The summed E-state index contributed by atoms with van der Waals surface area (Å²) in [6.07, 6.45) is 0. The summed E-state index contributed by atoms with van der Waals surface area (Å²) in [6, 6.07) is 17.0. The largest absolute Gasteiger partial charge is 0.466 e. The first-order chi connectivity index (χ1) is 13.6. The Morgan fingerprint density at radius 1 is 1.11 bits per heavy atom. The molecule has 4 aromatic rings. The van der Waals surface area contributed by atoms with E-state index in [-0.39, 0.29) is 17.7 Å². The molecule has 0 bridgehead atoms. The van der Waals surface area contributed by atoms with Crippen LogP contribution in [0.3, 0.4) is 0 Å². The van der Waals surface area contributed by atoms with Crippen molar-refractivity contribution in [2.45, 2.75) is 0 Å². The Kier molecular flexibility index (Phi) is 4.86. The zero-order valence-corrected chi connectivity index (χ0v) is 15.6. The highest BCUT2D eigenvalue weighted by molar-refractivity contribution is 7.12. The molecule has 1 amide bonds. The molecule has 2 aromatic heterocycles. The normalized spacial score (nSPS) is 10.6. The third kappa shape index (κ3) is 3.63. The summed E-state index contributed by atoms with van der Waals surface area (Å²) in [5, 5.41) is 9.04. The molecule has 2 aromatic carbocycles. The number of amides is 1. The number of halogens is 1. The number of carbonyl (C=O) groups excluding carboxylic acids is 1. The van der Waals surface area contributed by atoms with E-state index in [1.807, 2.05) is 23.6 Å². The first kappa shape index (κ1) is 17.9. The number of aromatic nitrogens is 3. The molecule has 0 spiro atoms. The van der Waals surface area contributed by atoms with Gasteiger partial charge in [-0.3, -0.25) is 4.79 Å². The van der Waals surface area contributed by atoms with Gasteiger partial charge in [-0.05, 0) is 60.0 Å². The topological polar surface area (TPSA) is 69.0 Å². The summed E-state index contributed by atoms with van der Waals surface area (Å²) in [5.74, 6) is 0.0389. The lowest BCUT2D eigenvalue weighted by atomic mass is 10.2. The van der Waals surface area contributed by atoms with Crippen LogP contribution < -0.4 is 10.1 Å². The first-order valence-corrected chi connectivity index (χ1v) is 9.24. The highest BCUT2D eigenvalue weighted by atomic mass is 32.1. The van der Waals surface area contributed by atoms with Crippen LogP contribution in [0.15, 0.2) is 66.0 Å². The van der Waals surface area contributed by atoms with Crippen molar-refractivity contribution in [3.05, 3.63) is 76.7 Å². The molecule has 1 N–H and O–H groups in total. The van der Waals surface area contributed by atoms with Gasteiger partial charge in [-0.15, -0.1) is 16.4 Å². The molecule has 4 rings (SSSR count). The van der Waals surface area contributed by atoms with Crippen molar-refractivity contribution in [2.75, 3.05) is 12.4 Å². The monoisotopic (exact) mass is 394 g/mol. The number of ether oxygens (including phenoxy) is 1. The summed E-state index contributed by atoms with van der Waals surface area (Å²) in [5.41, 5.74) is 2.09. The van der Waals surface area contributed by atoms with Crippen molar-refractivity contribution in [2.24, 2.45) is 0 Å². The average molecular weight is 394 g/mol. The molecule has 0 aliphatic carbocycles. The Labute approximate surface area is 164 Å². The van der Waals surface area contributed by atoms with Crippen LogP contribution in [-0.4, -0.2) is 27.8 Å². The lowest BCUT2D eigenvalue weighted by Gasteiger charge is -2.08. The zero-order chi connectivity index (χ0) is 19.5. The van der Waals surface area contributed by atoms with Crippen LogP contribution >= 0.6 is 11.3 Å². The second-order valence-electron chi connectivity index (χ2n) is 5.82. The van der Waals surface area contributed by atoms with Crippen molar-refractivity contribution < 1.29 is 13.9 Å². The van der Waals surface area contributed by atoms with Gasteiger partial charge >= 0.3 is 6.01 Å². The standard InChI is InChI=1S/C20H15FN4O2S/c1-27-20-23-18(13-4-6-14(21)7-5-13)25(24-20)16-10-8-15(9-11-16)22-19(26)17-3-2-12-28-17/h2-12H,1H3,(H,22,26). The van der Waals surface area contributed by atoms with E-state index in [1.165, 1.54) is 30.6 Å². The van der Waals surface area contributed by atoms with Crippen molar-refractivity contribution in [1.82, 2.24) is 14.8 Å². The summed E-state index contributed by atoms with van der Waals surface area (Å²) < 4.78 is 20.0. The smallest absolute Gasteiger partial charge is 0.336 e. The van der Waals surface area contributed by atoms with Gasteiger partial charge in [0.1, 0.15) is 5.82 Å². The lowest BCUT2D eigenvalue weighted by molar-refractivity contribution is 0.103. The molecule has 0 fully saturated rings. The van der Waals surface area contributed by atoms with E-state index >= 15 is 0 Å². The van der Waals surface area contributed by atoms with Crippen molar-refractivity contribution >= 4 is 22.9 Å². The summed E-state index contributed by atoms with van der Waals surface area (Å²) in [6.45, 7) is 0. The molecule has 2 heterocycles. The number of nitrogens with one attached hydrogen (secondary N) is 1. The average Bonchev–Trinajstić information content (AvgIpc) is 3.39. The number of anilines is 1. The van der Waals surface area contributed by atoms with Crippen LogP contribution in [0.2, 0.25) is 0 Å². The lowest BCUT2D eigenvalue weighted by Crippen LogP contribution is -2.10. The van der Waals surface area contributed by atoms with Gasteiger partial charge in [-0.1, -0.05) is 6.07 Å². The molecule has 0 saturated carbocycles. The highest BCUT2D eigenvalue weighted by Crippen LogP contribution is 2.24. The van der Waals surface area contributed by atoms with Gasteiger partial charge in [0.2, 0.25) is 0 Å². The van der Waals surface area contributed by atoms with Crippen LogP contribution in [0.1, 0.15) is 9.67 Å². The van der Waals surface area contributed by atoms with Gasteiger partial charge in [0.15, 0.2) is 5.82 Å². The van der Waals surface area contributed by atoms with E-state index in [1.54, 1.807) is 35.0 Å². The molecular formula is C20H15FN4O2S. The van der Waals surface area contributed by atoms with Crippen molar-refractivity contribution in [3.8, 4) is 23.1 Å². The van der Waals surface area contributed by atoms with Gasteiger partial charge < -0.3 is 10.1 Å². The Morgan fingerprint density at radius 3 is 2.50 bits per heavy atom. The minimum atomic E-state index is -0.326. The number of methoxy groups -OCH3 is 1. The van der Waals surface area contributed by atoms with Gasteiger partial charge in [0.05, 0.1) is 17.7 Å². The predicted molar refractivity (Wildman–Crippen MR) is 106 cm³/mol. The van der Waals surface area contributed by atoms with Crippen LogP contribution in [0.5, 0.6) is 6.01 Å². The maximum Gasteiger partial charge on any atom is 0.336 e. The van der Waals surface area contributed by atoms with E-state index < -0.39 is 0 Å². The number of nitrogens with zero attached hydrogens (tertiary/aromatic N) is 3. The van der Waals surface area contributed by atoms with E-state index in [4.69, 9.17) is 4.74 Å². The first-order valence-electron chi connectivity index (χ1n) is 8.36. The Morgan fingerprint density at radius 2 is 1.86 bits per heavy atom. The number of hydrogen-bond acceptors (Lipinski definition) is 5. The van der Waals surface area contributed by atoms with Gasteiger partial charge in [0.25, 0.3) is 5.91 Å². The molecular weight excluding hydrogens is 379 g/mol. The molecule has 0 unspecified atom stereocenters. The zero-order valence-electron chi connectivity index (χ0n) is 14.8. The van der Waals surface area contributed by atoms with Gasteiger partial charge in [-0.25, -0.2) is 9.07 Å². The molecule has 0 aliphatic rings. The van der Waals surface area contributed by atoms with Crippen LogP contribution in [0, 0.1) is 5.82 Å². The number of thiophene rings is 1. The van der Waals surface area contributed by atoms with Crippen molar-refractivity contribution in [3.63, 3.8) is 0 Å². The number of rotatable bonds is 5. The molecule has 8 heteroatoms. The Bertz CT molecular complexity index is 1090. The fourth-order valence-corrected chi connectivity index (χ4v) is 3.25. The molecule has 6 nitrogen and oxygen atoms in total. The number of carbonyl (C=O) groups is 1. The molecule has 28 heavy (non-hydrogen) atoms. The summed E-state index contributed by atoms with van der Waals surface area (Å²) >= 11 is 1.38. The Balaban J connectivity index is 1.63. The van der Waals surface area contributed by atoms with Crippen molar-refractivity contribution in [1.29, 1.82) is 0 Å². The fourth-order valence-electron chi connectivity index (χ4n) is 2.63. The third-order valence-electron chi connectivity index (χ3n) is 3.99. The number of hydrogen-bond donors (Lipinski definition) is 1. The second-order valence-corrected chi connectivity index (χ2v) is 6.77. The summed E-state index contributed by atoms with van der Waals surface area (Å²) in [4.78, 5) is 17.2. The van der Waals surface area contributed by atoms with Crippen LogP contribution in [-0.2, 0) is 0 Å². The van der Waals surface area contributed by atoms with Gasteiger partial charge in [-0.2, -0.15) is 4.98 Å². The number of benzene rings is 2. The second kappa shape index (κ2) is 7.61. The molecule has 0 radical (unpaired) electrons. The maximum atomic E-state index is 13.2. The van der Waals surface area contributed by atoms with Crippen LogP contribution in [0.4, 0.5) is 10.1 Å². The fraction of sp³-hybridized carbons (Fsp3) is 0.0500. The van der Waals surface area contributed by atoms with Crippen LogP contribution in [0.25, 0.3) is 17.1 Å². The Hall–Kier alpha value is -3.52. The van der Waals surface area contributed by atoms with E-state index in [0.29, 0.717) is 22.0 Å². The summed E-state index contributed by atoms with van der Waals surface area (Å²) in [7, 11) is 1.48. The minimum absolute atomic E-state index is 0.155.